The van der Waals surface area contributed by atoms with E-state index in [9.17, 15) is 9.59 Å². The molecule has 1 atom stereocenters. The minimum Gasteiger partial charge on any atom is -0.497 e. The van der Waals surface area contributed by atoms with Crippen LogP contribution >= 0.6 is 0 Å². The van der Waals surface area contributed by atoms with Crippen LogP contribution in [0.2, 0.25) is 0 Å². The van der Waals surface area contributed by atoms with Crippen molar-refractivity contribution in [2.45, 2.75) is 52.1 Å². The third-order valence-electron chi connectivity index (χ3n) is 4.92. The molecule has 2 rings (SSSR count). The number of ether oxygens (including phenoxy) is 1. The summed E-state index contributed by atoms with van der Waals surface area (Å²) in [5.74, 6) is 0.669. The largest absolute Gasteiger partial charge is 0.497 e. The van der Waals surface area contributed by atoms with E-state index in [0.717, 1.165) is 23.3 Å². The first-order chi connectivity index (χ1) is 14.1. The zero-order valence-electron chi connectivity index (χ0n) is 17.7. The lowest BCUT2D eigenvalue weighted by molar-refractivity contribution is -0.141. The van der Waals surface area contributed by atoms with Gasteiger partial charge in [-0.2, -0.15) is 0 Å². The molecule has 2 amide bonds. The molecule has 0 aliphatic heterocycles. The van der Waals surface area contributed by atoms with Crippen LogP contribution in [-0.2, 0) is 22.6 Å². The highest BCUT2D eigenvalue weighted by Crippen LogP contribution is 2.17. The second-order valence-electron chi connectivity index (χ2n) is 7.07. The van der Waals surface area contributed by atoms with E-state index < -0.39 is 6.04 Å². The van der Waals surface area contributed by atoms with E-state index in [0.29, 0.717) is 32.4 Å². The van der Waals surface area contributed by atoms with E-state index in [1.165, 1.54) is 0 Å². The van der Waals surface area contributed by atoms with Crippen molar-refractivity contribution in [2.24, 2.45) is 0 Å². The number of carbonyl (C=O) groups excluding carboxylic acids is 2. The normalized spacial score (nSPS) is 11.6. The number of aryl methyl sites for hydroxylation is 1. The Bertz CT molecular complexity index is 759. The molecule has 2 aromatic carbocycles. The van der Waals surface area contributed by atoms with E-state index in [1.807, 2.05) is 68.4 Å². The van der Waals surface area contributed by atoms with Crippen LogP contribution < -0.4 is 10.1 Å². The predicted octanol–water partition coefficient (Wildman–Crippen LogP) is 3.96. The van der Waals surface area contributed by atoms with Gasteiger partial charge in [0.2, 0.25) is 11.8 Å². The van der Waals surface area contributed by atoms with Crippen LogP contribution in [-0.4, -0.2) is 36.4 Å². The Morgan fingerprint density at radius 1 is 1.00 bits per heavy atom. The molecule has 5 heteroatoms. The van der Waals surface area contributed by atoms with Gasteiger partial charge in [0.25, 0.3) is 0 Å². The number of hydrogen-bond donors (Lipinski definition) is 1. The second-order valence-corrected chi connectivity index (χ2v) is 7.07. The monoisotopic (exact) mass is 396 g/mol. The van der Waals surface area contributed by atoms with Gasteiger partial charge in [-0.25, -0.2) is 0 Å². The number of hydrogen-bond acceptors (Lipinski definition) is 3. The van der Waals surface area contributed by atoms with Crippen molar-refractivity contribution >= 4 is 11.8 Å². The lowest BCUT2D eigenvalue weighted by Crippen LogP contribution is -2.49. The lowest BCUT2D eigenvalue weighted by atomic mass is 10.1. The first kappa shape index (κ1) is 22.5. The van der Waals surface area contributed by atoms with Crippen LogP contribution in [0.3, 0.4) is 0 Å². The van der Waals surface area contributed by atoms with Crippen LogP contribution in [0.15, 0.2) is 54.6 Å². The Kier molecular flexibility index (Phi) is 9.22. The molecule has 1 N–H and O–H groups in total. The predicted molar refractivity (Wildman–Crippen MR) is 116 cm³/mol. The van der Waals surface area contributed by atoms with Gasteiger partial charge in [-0.3, -0.25) is 9.59 Å². The number of methoxy groups -OCH3 is 1. The summed E-state index contributed by atoms with van der Waals surface area (Å²) in [5, 5.41) is 2.94. The zero-order chi connectivity index (χ0) is 21.1. The van der Waals surface area contributed by atoms with E-state index in [1.54, 1.807) is 12.0 Å². The van der Waals surface area contributed by atoms with Crippen molar-refractivity contribution in [3.8, 4) is 5.75 Å². The summed E-state index contributed by atoms with van der Waals surface area (Å²) in [6, 6.07) is 17.1. The molecule has 0 fully saturated rings. The lowest BCUT2D eigenvalue weighted by Gasteiger charge is -2.31. The van der Waals surface area contributed by atoms with Gasteiger partial charge >= 0.3 is 0 Å². The molecule has 0 aromatic heterocycles. The molecule has 0 spiro atoms. The summed E-state index contributed by atoms with van der Waals surface area (Å²) in [6.07, 6.45) is 2.47. The molecule has 156 valence electrons. The van der Waals surface area contributed by atoms with Gasteiger partial charge in [-0.15, -0.1) is 0 Å². The average Bonchev–Trinajstić information content (AvgIpc) is 2.77. The fraction of sp³-hybridized carbons (Fsp3) is 0.417. The first-order valence-corrected chi connectivity index (χ1v) is 10.3. The fourth-order valence-electron chi connectivity index (χ4n) is 3.25. The Morgan fingerprint density at radius 3 is 2.28 bits per heavy atom. The van der Waals surface area contributed by atoms with Crippen molar-refractivity contribution in [3.63, 3.8) is 0 Å². The summed E-state index contributed by atoms with van der Waals surface area (Å²) in [7, 11) is 1.62. The molecular formula is C24H32N2O3. The maximum Gasteiger partial charge on any atom is 0.242 e. The SMILES string of the molecule is CCCNC(=O)[C@@H](CC)N(Cc1ccc(OC)cc1)C(=O)CCc1ccccc1. The standard InChI is InChI=1S/C24H32N2O3/c1-4-17-25-24(28)22(5-2)26(18-20-11-14-21(29-3)15-12-20)23(27)16-13-19-9-7-6-8-10-19/h6-12,14-15,22H,4-5,13,16-18H2,1-3H3,(H,25,28)/t22-/m1/s1. The molecule has 0 unspecified atom stereocenters. The molecule has 2 aromatic rings. The average molecular weight is 397 g/mol. The van der Waals surface area contributed by atoms with Crippen LogP contribution in [0.5, 0.6) is 5.75 Å². The number of amides is 2. The number of carbonyl (C=O) groups is 2. The van der Waals surface area contributed by atoms with Crippen LogP contribution in [0, 0.1) is 0 Å². The molecular weight excluding hydrogens is 364 g/mol. The quantitative estimate of drug-likeness (QED) is 0.625. The minimum atomic E-state index is -0.480. The van der Waals surface area contributed by atoms with Gasteiger partial charge in [0, 0.05) is 19.5 Å². The van der Waals surface area contributed by atoms with Gasteiger partial charge < -0.3 is 15.0 Å². The van der Waals surface area contributed by atoms with Crippen LogP contribution in [0.1, 0.15) is 44.2 Å². The fourth-order valence-corrected chi connectivity index (χ4v) is 3.25. The highest BCUT2D eigenvalue weighted by atomic mass is 16.5. The van der Waals surface area contributed by atoms with Crippen molar-refractivity contribution in [1.29, 1.82) is 0 Å². The maximum atomic E-state index is 13.1. The highest BCUT2D eigenvalue weighted by Gasteiger charge is 2.28. The van der Waals surface area contributed by atoms with Gasteiger partial charge in [0.05, 0.1) is 7.11 Å². The van der Waals surface area contributed by atoms with E-state index in [-0.39, 0.29) is 11.8 Å². The second kappa shape index (κ2) is 11.9. The maximum absolute atomic E-state index is 13.1. The molecule has 5 nitrogen and oxygen atoms in total. The molecule has 29 heavy (non-hydrogen) atoms. The molecule has 0 saturated carbocycles. The minimum absolute atomic E-state index is 0.0110. The third-order valence-corrected chi connectivity index (χ3v) is 4.92. The third kappa shape index (κ3) is 6.93. The first-order valence-electron chi connectivity index (χ1n) is 10.3. The van der Waals surface area contributed by atoms with E-state index in [2.05, 4.69) is 5.32 Å². The molecule has 0 saturated heterocycles. The van der Waals surface area contributed by atoms with Crippen molar-refractivity contribution in [3.05, 3.63) is 65.7 Å². The smallest absolute Gasteiger partial charge is 0.242 e. The Labute approximate surface area is 174 Å². The van der Waals surface area contributed by atoms with Crippen LogP contribution in [0.4, 0.5) is 0 Å². The Morgan fingerprint density at radius 2 is 1.69 bits per heavy atom. The van der Waals surface area contributed by atoms with Crippen molar-refractivity contribution < 1.29 is 14.3 Å². The molecule has 0 radical (unpaired) electrons. The van der Waals surface area contributed by atoms with Gasteiger partial charge in [0.1, 0.15) is 11.8 Å². The van der Waals surface area contributed by atoms with Crippen molar-refractivity contribution in [1.82, 2.24) is 10.2 Å². The molecule has 0 heterocycles. The summed E-state index contributed by atoms with van der Waals surface area (Å²) in [6.45, 7) is 4.97. The van der Waals surface area contributed by atoms with E-state index >= 15 is 0 Å². The Hall–Kier alpha value is -2.82. The zero-order valence-corrected chi connectivity index (χ0v) is 17.7. The summed E-state index contributed by atoms with van der Waals surface area (Å²) < 4.78 is 5.22. The van der Waals surface area contributed by atoms with Crippen LogP contribution in [0.25, 0.3) is 0 Å². The summed E-state index contributed by atoms with van der Waals surface area (Å²) in [5.41, 5.74) is 2.09. The highest BCUT2D eigenvalue weighted by molar-refractivity contribution is 5.87. The Balaban J connectivity index is 2.17. The topological polar surface area (TPSA) is 58.6 Å². The number of rotatable bonds is 11. The van der Waals surface area contributed by atoms with E-state index in [4.69, 9.17) is 4.74 Å². The van der Waals surface area contributed by atoms with Gasteiger partial charge in [-0.05, 0) is 42.5 Å². The molecule has 0 bridgehead atoms. The van der Waals surface area contributed by atoms with Gasteiger partial charge in [-0.1, -0.05) is 56.3 Å². The summed E-state index contributed by atoms with van der Waals surface area (Å²) in [4.78, 5) is 27.6. The molecule has 0 aliphatic rings. The number of nitrogens with zero attached hydrogens (tertiary/aromatic N) is 1. The number of benzene rings is 2. The summed E-state index contributed by atoms with van der Waals surface area (Å²) >= 11 is 0. The van der Waals surface area contributed by atoms with Gasteiger partial charge in [0.15, 0.2) is 0 Å². The molecule has 0 aliphatic carbocycles. The number of nitrogens with one attached hydrogen (secondary N) is 1. The van der Waals surface area contributed by atoms with Crippen molar-refractivity contribution in [2.75, 3.05) is 13.7 Å².